The van der Waals surface area contributed by atoms with Crippen molar-refractivity contribution >= 4 is 17.8 Å². The van der Waals surface area contributed by atoms with Gasteiger partial charge in [0.1, 0.15) is 0 Å². The first-order valence-corrected chi connectivity index (χ1v) is 8.52. The third kappa shape index (κ3) is 2.33. The maximum absolute atomic E-state index is 4.84. The molecule has 22 heavy (non-hydrogen) atoms. The summed E-state index contributed by atoms with van der Waals surface area (Å²) in [5.41, 5.74) is 5.03. The average Bonchev–Trinajstić information content (AvgIpc) is 3.25. The van der Waals surface area contributed by atoms with Crippen molar-refractivity contribution in [3.8, 4) is 0 Å². The molecule has 0 saturated heterocycles. The fourth-order valence-corrected chi connectivity index (χ4v) is 3.87. The minimum atomic E-state index is 0.312. The molecule has 0 amide bonds. The molecule has 1 aromatic rings. The molecule has 0 N–H and O–H groups in total. The average molecular weight is 293 g/mol. The fraction of sp³-hybridized carbons (Fsp3) is 0.526. The van der Waals surface area contributed by atoms with Gasteiger partial charge in [-0.3, -0.25) is 9.98 Å². The molecular formula is C19H23N3. The number of aliphatic imine (C=N–C) groups is 3. The summed E-state index contributed by atoms with van der Waals surface area (Å²) in [6.45, 7) is 5.26. The van der Waals surface area contributed by atoms with Crippen LogP contribution in [-0.4, -0.2) is 24.3 Å². The van der Waals surface area contributed by atoms with Crippen LogP contribution in [0.2, 0.25) is 0 Å². The van der Waals surface area contributed by atoms with Crippen LogP contribution in [-0.2, 0) is 0 Å². The van der Waals surface area contributed by atoms with Gasteiger partial charge in [-0.1, -0.05) is 38.8 Å². The molecule has 1 aliphatic carbocycles. The van der Waals surface area contributed by atoms with Gasteiger partial charge in [0.15, 0.2) is 5.84 Å². The highest BCUT2D eigenvalue weighted by Gasteiger charge is 2.26. The van der Waals surface area contributed by atoms with Gasteiger partial charge in [0, 0.05) is 17.5 Å². The van der Waals surface area contributed by atoms with E-state index in [4.69, 9.17) is 4.99 Å². The summed E-state index contributed by atoms with van der Waals surface area (Å²) in [6, 6.07) is 6.91. The van der Waals surface area contributed by atoms with Crippen LogP contribution in [0.3, 0.4) is 0 Å². The number of hydrogen-bond acceptors (Lipinski definition) is 3. The van der Waals surface area contributed by atoms with Gasteiger partial charge in [0.05, 0.1) is 12.6 Å². The van der Waals surface area contributed by atoms with Gasteiger partial charge >= 0.3 is 0 Å². The number of amidine groups is 1. The number of rotatable bonds is 3. The van der Waals surface area contributed by atoms with Crippen LogP contribution in [0.4, 0.5) is 0 Å². The van der Waals surface area contributed by atoms with Crippen molar-refractivity contribution in [1.82, 2.24) is 0 Å². The Bertz CT molecular complexity index is 676. The zero-order chi connectivity index (χ0) is 15.1. The number of fused-ring (bicyclic) bond motifs is 1. The Kier molecular flexibility index (Phi) is 3.44. The van der Waals surface area contributed by atoms with Crippen LogP contribution in [0.1, 0.15) is 62.3 Å². The first-order chi connectivity index (χ1) is 10.7. The van der Waals surface area contributed by atoms with Crippen LogP contribution in [0.5, 0.6) is 0 Å². The van der Waals surface area contributed by atoms with Gasteiger partial charge in [-0.15, -0.1) is 0 Å². The molecule has 0 bridgehead atoms. The van der Waals surface area contributed by atoms with Crippen LogP contribution < -0.4 is 0 Å². The predicted molar refractivity (Wildman–Crippen MR) is 92.4 cm³/mol. The monoisotopic (exact) mass is 293 g/mol. The predicted octanol–water partition coefficient (Wildman–Crippen LogP) is 4.21. The normalized spacial score (nSPS) is 24.0. The third-order valence-corrected chi connectivity index (χ3v) is 5.14. The van der Waals surface area contributed by atoms with Crippen LogP contribution in [0.15, 0.2) is 33.2 Å². The molecular weight excluding hydrogens is 270 g/mol. The van der Waals surface area contributed by atoms with Crippen molar-refractivity contribution in [2.24, 2.45) is 26.8 Å². The maximum atomic E-state index is 4.84. The molecule has 1 aromatic carbocycles. The Hall–Kier alpha value is -1.77. The molecule has 3 nitrogen and oxygen atoms in total. The topological polar surface area (TPSA) is 37.1 Å². The molecule has 0 aromatic heterocycles. The zero-order valence-electron chi connectivity index (χ0n) is 13.4. The summed E-state index contributed by atoms with van der Waals surface area (Å²) in [6.07, 6.45) is 7.32. The molecule has 2 aliphatic heterocycles. The van der Waals surface area contributed by atoms with E-state index < -0.39 is 0 Å². The van der Waals surface area contributed by atoms with Crippen molar-refractivity contribution in [1.29, 1.82) is 0 Å². The SMILES string of the molecule is CC(C)C1N=Cc2cc(C3=NCC(C4CCCC4)=N3)ccc21. The van der Waals surface area contributed by atoms with Gasteiger partial charge in [-0.05, 0) is 41.9 Å². The van der Waals surface area contributed by atoms with Crippen LogP contribution >= 0.6 is 0 Å². The van der Waals surface area contributed by atoms with E-state index in [0.29, 0.717) is 17.9 Å². The quantitative estimate of drug-likeness (QED) is 0.800. The summed E-state index contributed by atoms with van der Waals surface area (Å²) in [5, 5.41) is 0. The first-order valence-electron chi connectivity index (χ1n) is 8.52. The minimum Gasteiger partial charge on any atom is -0.284 e. The van der Waals surface area contributed by atoms with Crippen molar-refractivity contribution in [3.63, 3.8) is 0 Å². The lowest BCUT2D eigenvalue weighted by Gasteiger charge is -2.13. The van der Waals surface area contributed by atoms with E-state index in [1.807, 2.05) is 6.21 Å². The standard InChI is InChI=1S/C19H23N3/c1-12(2)18-16-8-7-14(9-15(16)10-20-18)19-21-11-17(22-19)13-5-3-4-6-13/h7-10,12-13,18H,3-6,11H2,1-2H3. The van der Waals surface area contributed by atoms with Crippen LogP contribution in [0, 0.1) is 11.8 Å². The van der Waals surface area contributed by atoms with Gasteiger partial charge in [0.25, 0.3) is 0 Å². The minimum absolute atomic E-state index is 0.312. The highest BCUT2D eigenvalue weighted by molar-refractivity contribution is 6.12. The van der Waals surface area contributed by atoms with Gasteiger partial charge in [-0.2, -0.15) is 0 Å². The molecule has 2 heterocycles. The largest absolute Gasteiger partial charge is 0.284 e. The van der Waals surface area contributed by atoms with Gasteiger partial charge in [-0.25, -0.2) is 4.99 Å². The Balaban J connectivity index is 1.58. The molecule has 1 fully saturated rings. The van der Waals surface area contributed by atoms with Gasteiger partial charge in [0.2, 0.25) is 0 Å². The molecule has 1 unspecified atom stereocenters. The molecule has 1 saturated carbocycles. The molecule has 1 atom stereocenters. The molecule has 114 valence electrons. The van der Waals surface area contributed by atoms with E-state index in [1.165, 1.54) is 42.5 Å². The molecule has 3 aliphatic rings. The summed E-state index contributed by atoms with van der Waals surface area (Å²) >= 11 is 0. The summed E-state index contributed by atoms with van der Waals surface area (Å²) in [7, 11) is 0. The molecule has 0 radical (unpaired) electrons. The zero-order valence-corrected chi connectivity index (χ0v) is 13.4. The lowest BCUT2D eigenvalue weighted by atomic mass is 9.94. The van der Waals surface area contributed by atoms with E-state index in [9.17, 15) is 0 Å². The number of hydrogen-bond donors (Lipinski definition) is 0. The Morgan fingerprint density at radius 1 is 1.14 bits per heavy atom. The number of benzene rings is 1. The van der Waals surface area contributed by atoms with E-state index in [1.54, 1.807) is 0 Å². The second-order valence-corrected chi connectivity index (χ2v) is 7.04. The lowest BCUT2D eigenvalue weighted by molar-refractivity contribution is 0.525. The highest BCUT2D eigenvalue weighted by Crippen LogP contribution is 2.33. The van der Waals surface area contributed by atoms with Crippen LogP contribution in [0.25, 0.3) is 0 Å². The second kappa shape index (κ2) is 5.45. The van der Waals surface area contributed by atoms with E-state index in [0.717, 1.165) is 17.9 Å². The highest BCUT2D eigenvalue weighted by atomic mass is 15.0. The Morgan fingerprint density at radius 3 is 2.73 bits per heavy atom. The van der Waals surface area contributed by atoms with E-state index >= 15 is 0 Å². The van der Waals surface area contributed by atoms with E-state index in [-0.39, 0.29) is 0 Å². The van der Waals surface area contributed by atoms with Crippen molar-refractivity contribution < 1.29 is 0 Å². The van der Waals surface area contributed by atoms with E-state index in [2.05, 4.69) is 42.0 Å². The number of nitrogens with zero attached hydrogens (tertiary/aromatic N) is 3. The fourth-order valence-electron chi connectivity index (χ4n) is 3.87. The summed E-state index contributed by atoms with van der Waals surface area (Å²) < 4.78 is 0. The molecule has 3 heteroatoms. The van der Waals surface area contributed by atoms with Crippen molar-refractivity contribution in [3.05, 3.63) is 34.9 Å². The van der Waals surface area contributed by atoms with Gasteiger partial charge < -0.3 is 0 Å². The smallest absolute Gasteiger partial charge is 0.154 e. The molecule has 4 rings (SSSR count). The Morgan fingerprint density at radius 2 is 1.95 bits per heavy atom. The Labute approximate surface area is 132 Å². The second-order valence-electron chi connectivity index (χ2n) is 7.04. The van der Waals surface area contributed by atoms with Crippen molar-refractivity contribution in [2.75, 3.05) is 6.54 Å². The molecule has 0 spiro atoms. The lowest BCUT2D eigenvalue weighted by Crippen LogP contribution is -2.11. The van der Waals surface area contributed by atoms with Crippen molar-refractivity contribution in [2.45, 2.75) is 45.6 Å². The third-order valence-electron chi connectivity index (χ3n) is 5.14. The summed E-state index contributed by atoms with van der Waals surface area (Å²) in [4.78, 5) is 14.2. The summed E-state index contributed by atoms with van der Waals surface area (Å²) in [5.74, 6) is 2.15. The first kappa shape index (κ1) is 13.9. The maximum Gasteiger partial charge on any atom is 0.154 e.